The van der Waals surface area contributed by atoms with Crippen LogP contribution in [0.3, 0.4) is 0 Å². The average molecular weight is 314 g/mol. The van der Waals surface area contributed by atoms with Gasteiger partial charge in [0.1, 0.15) is 0 Å². The molecule has 0 aliphatic rings. The molecule has 0 saturated carbocycles. The Kier molecular flexibility index (Phi) is 4.13. The molecule has 4 nitrogen and oxygen atoms in total. The van der Waals surface area contributed by atoms with Crippen LogP contribution in [-0.2, 0) is 11.2 Å². The number of H-pyrrole nitrogens is 1. The van der Waals surface area contributed by atoms with Gasteiger partial charge in [-0.1, -0.05) is 29.8 Å². The third kappa shape index (κ3) is 3.13. The minimum atomic E-state index is -0.616. The zero-order valence-corrected chi connectivity index (χ0v) is 12.6. The van der Waals surface area contributed by atoms with Crippen molar-refractivity contribution < 1.29 is 4.79 Å². The summed E-state index contributed by atoms with van der Waals surface area (Å²) in [6.07, 6.45) is 2.38. The van der Waals surface area contributed by atoms with Crippen LogP contribution in [0.15, 0.2) is 54.7 Å². The fraction of sp³-hybridized carbons (Fsp3) is 0.118. The number of carbonyl (C=O) groups is 1. The van der Waals surface area contributed by atoms with Gasteiger partial charge in [0.25, 0.3) is 0 Å². The van der Waals surface area contributed by atoms with Crippen LogP contribution in [0, 0.1) is 0 Å². The van der Waals surface area contributed by atoms with E-state index < -0.39 is 6.04 Å². The highest BCUT2D eigenvalue weighted by Crippen LogP contribution is 2.19. The van der Waals surface area contributed by atoms with Crippen molar-refractivity contribution in [3.05, 3.63) is 65.3 Å². The molecule has 1 amide bonds. The lowest BCUT2D eigenvalue weighted by Gasteiger charge is -2.12. The fourth-order valence-corrected chi connectivity index (χ4v) is 2.52. The van der Waals surface area contributed by atoms with Crippen LogP contribution >= 0.6 is 11.6 Å². The van der Waals surface area contributed by atoms with Crippen molar-refractivity contribution in [1.29, 1.82) is 0 Å². The fourth-order valence-electron chi connectivity index (χ4n) is 2.40. The number of para-hydroxylation sites is 1. The molecule has 0 aliphatic carbocycles. The number of halogens is 1. The summed E-state index contributed by atoms with van der Waals surface area (Å²) in [6.45, 7) is 0. The highest BCUT2D eigenvalue weighted by molar-refractivity contribution is 6.30. The van der Waals surface area contributed by atoms with E-state index in [1.54, 1.807) is 24.3 Å². The molecule has 1 atom stereocenters. The van der Waals surface area contributed by atoms with Crippen molar-refractivity contribution in [3.8, 4) is 0 Å². The Balaban J connectivity index is 1.69. The van der Waals surface area contributed by atoms with Crippen LogP contribution in [0.2, 0.25) is 5.02 Å². The van der Waals surface area contributed by atoms with Gasteiger partial charge >= 0.3 is 0 Å². The number of anilines is 1. The van der Waals surface area contributed by atoms with E-state index in [1.165, 1.54) is 0 Å². The minimum absolute atomic E-state index is 0.215. The third-order valence-electron chi connectivity index (χ3n) is 3.56. The van der Waals surface area contributed by atoms with Crippen molar-refractivity contribution in [2.75, 3.05) is 5.32 Å². The van der Waals surface area contributed by atoms with Crippen LogP contribution in [0.25, 0.3) is 10.9 Å². The number of benzene rings is 2. The number of aromatic amines is 1. The van der Waals surface area contributed by atoms with Crippen LogP contribution in [0.4, 0.5) is 5.69 Å². The van der Waals surface area contributed by atoms with Gasteiger partial charge in [-0.3, -0.25) is 4.79 Å². The topological polar surface area (TPSA) is 70.9 Å². The SMILES string of the molecule is N[C@@H](Cc1c[nH]c2ccccc12)C(=O)Nc1ccc(Cl)cc1. The van der Waals surface area contributed by atoms with Crippen molar-refractivity contribution in [2.45, 2.75) is 12.5 Å². The zero-order valence-electron chi connectivity index (χ0n) is 11.8. The lowest BCUT2D eigenvalue weighted by atomic mass is 10.0. The number of nitrogens with one attached hydrogen (secondary N) is 2. The summed E-state index contributed by atoms with van der Waals surface area (Å²) < 4.78 is 0. The number of rotatable bonds is 4. The van der Waals surface area contributed by atoms with Gasteiger partial charge in [-0.15, -0.1) is 0 Å². The minimum Gasteiger partial charge on any atom is -0.361 e. The number of aromatic nitrogens is 1. The first-order chi connectivity index (χ1) is 10.6. The number of hydrogen-bond acceptors (Lipinski definition) is 2. The van der Waals surface area contributed by atoms with Gasteiger partial charge in [0.2, 0.25) is 5.91 Å². The molecule has 0 spiro atoms. The summed E-state index contributed by atoms with van der Waals surface area (Å²) in [5.74, 6) is -0.215. The molecule has 3 rings (SSSR count). The molecule has 0 aliphatic heterocycles. The number of carbonyl (C=O) groups excluding carboxylic acids is 1. The van der Waals surface area contributed by atoms with Gasteiger partial charge in [-0.2, -0.15) is 0 Å². The Morgan fingerprint density at radius 3 is 2.68 bits per heavy atom. The standard InChI is InChI=1S/C17H16ClN3O/c18-12-5-7-13(8-6-12)21-17(22)15(19)9-11-10-20-16-4-2-1-3-14(11)16/h1-8,10,15,20H,9,19H2,(H,21,22)/t15-/m0/s1. The first kappa shape index (κ1) is 14.6. The van der Waals surface area contributed by atoms with Crippen LogP contribution in [0.1, 0.15) is 5.56 Å². The molecule has 5 heteroatoms. The Bertz CT molecular complexity index is 795. The van der Waals surface area contributed by atoms with Gasteiger partial charge in [0, 0.05) is 27.8 Å². The van der Waals surface area contributed by atoms with Crippen LogP contribution in [-0.4, -0.2) is 16.9 Å². The maximum Gasteiger partial charge on any atom is 0.241 e. The normalized spacial score (nSPS) is 12.3. The lowest BCUT2D eigenvalue weighted by molar-refractivity contribution is -0.117. The summed E-state index contributed by atoms with van der Waals surface area (Å²) in [4.78, 5) is 15.4. The molecule has 22 heavy (non-hydrogen) atoms. The Morgan fingerprint density at radius 1 is 1.18 bits per heavy atom. The molecule has 1 aromatic heterocycles. The summed E-state index contributed by atoms with van der Waals surface area (Å²) in [5, 5.41) is 4.52. The summed E-state index contributed by atoms with van der Waals surface area (Å²) in [7, 11) is 0. The average Bonchev–Trinajstić information content (AvgIpc) is 2.93. The van der Waals surface area contributed by atoms with Crippen molar-refractivity contribution in [3.63, 3.8) is 0 Å². The van der Waals surface area contributed by atoms with Gasteiger partial charge in [0.15, 0.2) is 0 Å². The van der Waals surface area contributed by atoms with Crippen molar-refractivity contribution in [2.24, 2.45) is 5.73 Å². The maximum atomic E-state index is 12.2. The Hall–Kier alpha value is -2.30. The van der Waals surface area contributed by atoms with E-state index in [2.05, 4.69) is 10.3 Å². The molecule has 0 radical (unpaired) electrons. The molecule has 0 fully saturated rings. The molecule has 2 aromatic carbocycles. The van der Waals surface area contributed by atoms with Gasteiger partial charge in [-0.25, -0.2) is 0 Å². The number of nitrogens with two attached hydrogens (primary N) is 1. The highest BCUT2D eigenvalue weighted by atomic mass is 35.5. The highest BCUT2D eigenvalue weighted by Gasteiger charge is 2.16. The molecule has 1 heterocycles. The van der Waals surface area contributed by atoms with Gasteiger partial charge in [0.05, 0.1) is 6.04 Å². The molecular formula is C17H16ClN3O. The van der Waals surface area contributed by atoms with E-state index in [1.807, 2.05) is 30.5 Å². The summed E-state index contributed by atoms with van der Waals surface area (Å²) >= 11 is 5.82. The van der Waals surface area contributed by atoms with E-state index in [0.29, 0.717) is 17.1 Å². The molecule has 112 valence electrons. The summed E-state index contributed by atoms with van der Waals surface area (Å²) in [5.41, 5.74) is 8.79. The van der Waals surface area contributed by atoms with E-state index in [4.69, 9.17) is 17.3 Å². The third-order valence-corrected chi connectivity index (χ3v) is 3.82. The molecule has 0 saturated heterocycles. The van der Waals surface area contributed by atoms with Gasteiger partial charge in [-0.05, 0) is 42.3 Å². The quantitative estimate of drug-likeness (QED) is 0.691. The van der Waals surface area contributed by atoms with E-state index in [9.17, 15) is 4.79 Å². The maximum absolute atomic E-state index is 12.2. The molecule has 3 aromatic rings. The molecule has 0 unspecified atom stereocenters. The lowest BCUT2D eigenvalue weighted by Crippen LogP contribution is -2.37. The van der Waals surface area contributed by atoms with Crippen LogP contribution < -0.4 is 11.1 Å². The van der Waals surface area contributed by atoms with Gasteiger partial charge < -0.3 is 16.0 Å². The first-order valence-electron chi connectivity index (χ1n) is 7.00. The molecule has 4 N–H and O–H groups in total. The number of hydrogen-bond donors (Lipinski definition) is 3. The molecule has 0 bridgehead atoms. The first-order valence-corrected chi connectivity index (χ1v) is 7.38. The largest absolute Gasteiger partial charge is 0.361 e. The predicted octanol–water partition coefficient (Wildman–Crippen LogP) is 3.33. The predicted molar refractivity (Wildman–Crippen MR) is 90.1 cm³/mol. The smallest absolute Gasteiger partial charge is 0.241 e. The number of fused-ring (bicyclic) bond motifs is 1. The van der Waals surface area contributed by atoms with Crippen LogP contribution in [0.5, 0.6) is 0 Å². The second-order valence-corrected chi connectivity index (χ2v) is 5.60. The number of amides is 1. The van der Waals surface area contributed by atoms with E-state index >= 15 is 0 Å². The molecular weight excluding hydrogens is 298 g/mol. The Morgan fingerprint density at radius 2 is 1.91 bits per heavy atom. The van der Waals surface area contributed by atoms with E-state index in [0.717, 1.165) is 16.5 Å². The summed E-state index contributed by atoms with van der Waals surface area (Å²) in [6, 6.07) is 14.3. The zero-order chi connectivity index (χ0) is 15.5. The van der Waals surface area contributed by atoms with E-state index in [-0.39, 0.29) is 5.91 Å². The van der Waals surface area contributed by atoms with Crippen molar-refractivity contribution in [1.82, 2.24) is 4.98 Å². The second kappa shape index (κ2) is 6.22. The monoisotopic (exact) mass is 313 g/mol. The van der Waals surface area contributed by atoms with Crippen molar-refractivity contribution >= 4 is 34.1 Å². The second-order valence-electron chi connectivity index (χ2n) is 5.17. The Labute approximate surface area is 133 Å².